The van der Waals surface area contributed by atoms with Crippen molar-refractivity contribution in [2.45, 2.75) is 13.5 Å². The average molecular weight is 404 g/mol. The molecule has 0 atom stereocenters. The smallest absolute Gasteiger partial charge is 0.254 e. The molecule has 1 N–H and O–H groups in total. The first kappa shape index (κ1) is 19.3. The van der Waals surface area contributed by atoms with E-state index in [0.717, 1.165) is 11.1 Å². The Labute approximate surface area is 172 Å². The Kier molecular flexibility index (Phi) is 5.25. The number of amides is 2. The van der Waals surface area contributed by atoms with Gasteiger partial charge in [-0.3, -0.25) is 9.59 Å². The van der Waals surface area contributed by atoms with Gasteiger partial charge < -0.3 is 14.7 Å². The predicted molar refractivity (Wildman–Crippen MR) is 111 cm³/mol. The number of anilines is 1. The van der Waals surface area contributed by atoms with Gasteiger partial charge in [-0.15, -0.1) is 5.10 Å². The van der Waals surface area contributed by atoms with Crippen molar-refractivity contribution in [2.75, 3.05) is 18.9 Å². The van der Waals surface area contributed by atoms with Gasteiger partial charge in [0.15, 0.2) is 5.76 Å². The zero-order chi connectivity index (χ0) is 21.1. The van der Waals surface area contributed by atoms with Gasteiger partial charge in [0.05, 0.1) is 18.3 Å². The molecule has 2 heterocycles. The van der Waals surface area contributed by atoms with Crippen LogP contribution in [-0.2, 0) is 11.3 Å². The van der Waals surface area contributed by atoms with Gasteiger partial charge in [0.2, 0.25) is 5.91 Å². The molecule has 2 aromatic heterocycles. The molecule has 0 unspecified atom stereocenters. The lowest BCUT2D eigenvalue weighted by Crippen LogP contribution is -2.34. The van der Waals surface area contributed by atoms with Crippen LogP contribution in [0.1, 0.15) is 17.3 Å². The van der Waals surface area contributed by atoms with E-state index in [4.69, 9.17) is 4.52 Å². The second kappa shape index (κ2) is 8.16. The lowest BCUT2D eigenvalue weighted by Gasteiger charge is -2.17. The van der Waals surface area contributed by atoms with Crippen LogP contribution in [0.25, 0.3) is 22.4 Å². The molecule has 2 aromatic carbocycles. The first-order chi connectivity index (χ1) is 14.5. The van der Waals surface area contributed by atoms with Gasteiger partial charge in [-0.2, -0.15) is 0 Å². The van der Waals surface area contributed by atoms with Crippen LogP contribution in [0, 0.1) is 0 Å². The second-order valence-corrected chi connectivity index (χ2v) is 6.77. The van der Waals surface area contributed by atoms with Gasteiger partial charge in [0.25, 0.3) is 5.91 Å². The number of aromatic nitrogens is 4. The van der Waals surface area contributed by atoms with E-state index in [9.17, 15) is 9.59 Å². The molecular formula is C21H20N6O3. The Morgan fingerprint density at radius 1 is 1.13 bits per heavy atom. The summed E-state index contributed by atoms with van der Waals surface area (Å²) in [6.07, 6.45) is 1.57. The Morgan fingerprint density at radius 2 is 1.93 bits per heavy atom. The van der Waals surface area contributed by atoms with Crippen molar-refractivity contribution in [3.8, 4) is 11.3 Å². The highest BCUT2D eigenvalue weighted by molar-refractivity contribution is 6.00. The average Bonchev–Trinajstić information content (AvgIpc) is 3.43. The zero-order valence-corrected chi connectivity index (χ0v) is 16.6. The summed E-state index contributed by atoms with van der Waals surface area (Å²) in [5.41, 5.74) is 3.45. The molecule has 0 aliphatic rings. The number of hydrogen-bond donors (Lipinski definition) is 1. The third kappa shape index (κ3) is 3.90. The Hall–Kier alpha value is -4.01. The van der Waals surface area contributed by atoms with Crippen molar-refractivity contribution >= 4 is 28.5 Å². The monoisotopic (exact) mass is 404 g/mol. The number of nitrogens with zero attached hydrogens (tertiary/aromatic N) is 5. The normalized spacial score (nSPS) is 10.9. The van der Waals surface area contributed by atoms with Gasteiger partial charge in [0.1, 0.15) is 5.52 Å². The van der Waals surface area contributed by atoms with E-state index in [0.29, 0.717) is 29.1 Å². The predicted octanol–water partition coefficient (Wildman–Crippen LogP) is 2.82. The molecule has 0 spiro atoms. The highest BCUT2D eigenvalue weighted by Gasteiger charge is 2.17. The standard InChI is InChI=1S/C21H20N6O3/c1-3-27-18-9-6-15(12-17(18)24-25-27)21(29)26(2)13-20(28)23-16-7-4-14(5-8-16)19-10-11-22-30-19/h4-12H,3,13H2,1-2H3,(H,23,28). The number of hydrogen-bond acceptors (Lipinski definition) is 6. The Bertz CT molecular complexity index is 1180. The quantitative estimate of drug-likeness (QED) is 0.530. The van der Waals surface area contributed by atoms with Crippen molar-refractivity contribution in [3.05, 3.63) is 60.3 Å². The largest absolute Gasteiger partial charge is 0.356 e. The van der Waals surface area contributed by atoms with Gasteiger partial charge >= 0.3 is 0 Å². The van der Waals surface area contributed by atoms with Crippen LogP contribution in [0.15, 0.2) is 59.3 Å². The minimum absolute atomic E-state index is 0.0810. The molecule has 2 amide bonds. The lowest BCUT2D eigenvalue weighted by molar-refractivity contribution is -0.116. The lowest BCUT2D eigenvalue weighted by atomic mass is 10.1. The molecule has 0 bridgehead atoms. The number of benzene rings is 2. The minimum Gasteiger partial charge on any atom is -0.356 e. The third-order valence-corrected chi connectivity index (χ3v) is 4.68. The molecule has 0 aliphatic carbocycles. The van der Waals surface area contributed by atoms with Crippen molar-refractivity contribution in [2.24, 2.45) is 0 Å². The van der Waals surface area contributed by atoms with Crippen LogP contribution in [0.3, 0.4) is 0 Å². The fourth-order valence-corrected chi connectivity index (χ4v) is 3.13. The maximum atomic E-state index is 12.7. The fourth-order valence-electron chi connectivity index (χ4n) is 3.13. The SMILES string of the molecule is CCn1nnc2cc(C(=O)N(C)CC(=O)Nc3ccc(-c4ccno4)cc3)ccc21. The van der Waals surface area contributed by atoms with E-state index in [1.54, 1.807) is 48.3 Å². The summed E-state index contributed by atoms with van der Waals surface area (Å²) in [6, 6.07) is 14.2. The molecule has 9 heteroatoms. The summed E-state index contributed by atoms with van der Waals surface area (Å²) < 4.78 is 6.86. The van der Waals surface area contributed by atoms with Crippen LogP contribution in [-0.4, -0.2) is 50.5 Å². The summed E-state index contributed by atoms with van der Waals surface area (Å²) >= 11 is 0. The topological polar surface area (TPSA) is 106 Å². The zero-order valence-electron chi connectivity index (χ0n) is 16.6. The number of rotatable bonds is 6. The molecule has 0 aliphatic heterocycles. The van der Waals surface area contributed by atoms with Crippen LogP contribution in [0.5, 0.6) is 0 Å². The number of carbonyl (C=O) groups is 2. The number of aryl methyl sites for hydroxylation is 1. The summed E-state index contributed by atoms with van der Waals surface area (Å²) in [6.45, 7) is 2.59. The summed E-state index contributed by atoms with van der Waals surface area (Å²) in [4.78, 5) is 26.4. The fraction of sp³-hybridized carbons (Fsp3) is 0.190. The molecule has 0 saturated carbocycles. The minimum atomic E-state index is -0.295. The Morgan fingerprint density at radius 3 is 2.63 bits per heavy atom. The van der Waals surface area contributed by atoms with E-state index in [1.165, 1.54) is 4.90 Å². The summed E-state index contributed by atoms with van der Waals surface area (Å²) in [7, 11) is 1.59. The van der Waals surface area contributed by atoms with E-state index in [1.807, 2.05) is 25.1 Å². The molecule has 0 fully saturated rings. The van der Waals surface area contributed by atoms with E-state index in [2.05, 4.69) is 20.8 Å². The summed E-state index contributed by atoms with van der Waals surface area (Å²) in [5.74, 6) is 0.0872. The highest BCUT2D eigenvalue weighted by Crippen LogP contribution is 2.21. The molecule has 0 saturated heterocycles. The highest BCUT2D eigenvalue weighted by atomic mass is 16.5. The number of likely N-dealkylation sites (N-methyl/N-ethyl adjacent to an activating group) is 1. The van der Waals surface area contributed by atoms with Gasteiger partial charge in [0, 0.05) is 36.5 Å². The van der Waals surface area contributed by atoms with Crippen LogP contribution >= 0.6 is 0 Å². The number of nitrogens with one attached hydrogen (secondary N) is 1. The van der Waals surface area contributed by atoms with E-state index in [-0.39, 0.29) is 18.4 Å². The van der Waals surface area contributed by atoms with Gasteiger partial charge in [-0.1, -0.05) is 10.4 Å². The van der Waals surface area contributed by atoms with Crippen LogP contribution in [0.2, 0.25) is 0 Å². The maximum Gasteiger partial charge on any atom is 0.254 e. The van der Waals surface area contributed by atoms with Crippen molar-refractivity contribution in [1.29, 1.82) is 0 Å². The molecule has 30 heavy (non-hydrogen) atoms. The second-order valence-electron chi connectivity index (χ2n) is 6.77. The molecule has 0 radical (unpaired) electrons. The molecule has 4 aromatic rings. The maximum absolute atomic E-state index is 12.7. The van der Waals surface area contributed by atoms with Gasteiger partial charge in [-0.25, -0.2) is 4.68 Å². The van der Waals surface area contributed by atoms with Crippen LogP contribution < -0.4 is 5.32 Å². The molecule has 4 rings (SSSR count). The van der Waals surface area contributed by atoms with Gasteiger partial charge in [-0.05, 0) is 49.4 Å². The number of carbonyl (C=O) groups excluding carboxylic acids is 2. The third-order valence-electron chi connectivity index (χ3n) is 4.68. The van der Waals surface area contributed by atoms with Crippen LogP contribution in [0.4, 0.5) is 5.69 Å². The number of fused-ring (bicyclic) bond motifs is 1. The molecule has 9 nitrogen and oxygen atoms in total. The van der Waals surface area contributed by atoms with E-state index >= 15 is 0 Å². The first-order valence-corrected chi connectivity index (χ1v) is 9.45. The molecule has 152 valence electrons. The van der Waals surface area contributed by atoms with Crippen molar-refractivity contribution < 1.29 is 14.1 Å². The first-order valence-electron chi connectivity index (χ1n) is 9.45. The summed E-state index contributed by atoms with van der Waals surface area (Å²) in [5, 5.41) is 14.6. The van der Waals surface area contributed by atoms with Crippen molar-refractivity contribution in [1.82, 2.24) is 25.1 Å². The van der Waals surface area contributed by atoms with E-state index < -0.39 is 0 Å². The van der Waals surface area contributed by atoms with Crippen molar-refractivity contribution in [3.63, 3.8) is 0 Å². The Balaban J connectivity index is 1.38. The molecular weight excluding hydrogens is 384 g/mol.